The van der Waals surface area contributed by atoms with Crippen molar-refractivity contribution in [1.29, 1.82) is 0 Å². The molecule has 28 heavy (non-hydrogen) atoms. The molecule has 0 saturated carbocycles. The first-order valence-corrected chi connectivity index (χ1v) is 9.99. The Balaban J connectivity index is 1.44. The molecule has 1 N–H and O–H groups in total. The second-order valence-corrected chi connectivity index (χ2v) is 7.84. The van der Waals surface area contributed by atoms with Crippen LogP contribution in [-0.2, 0) is 0 Å². The van der Waals surface area contributed by atoms with E-state index in [4.69, 9.17) is 0 Å². The highest BCUT2D eigenvalue weighted by atomic mass is 16.2. The van der Waals surface area contributed by atoms with Crippen LogP contribution in [0.15, 0.2) is 36.5 Å². The number of hydrogen-bond donors (Lipinski definition) is 1. The highest BCUT2D eigenvalue weighted by Crippen LogP contribution is 2.28. The molecule has 2 saturated heterocycles. The molecule has 2 fully saturated rings. The zero-order valence-electron chi connectivity index (χ0n) is 16.0. The van der Waals surface area contributed by atoms with E-state index in [0.29, 0.717) is 17.5 Å². The minimum atomic E-state index is -0.00937. The topological polar surface area (TPSA) is 75.9 Å². The van der Waals surface area contributed by atoms with Gasteiger partial charge >= 0.3 is 0 Å². The summed E-state index contributed by atoms with van der Waals surface area (Å²) in [5.74, 6) is 1.37. The lowest BCUT2D eigenvalue weighted by molar-refractivity contribution is 0.0751. The normalized spacial score (nSPS) is 22.2. The van der Waals surface area contributed by atoms with Gasteiger partial charge in [-0.05, 0) is 56.8 Å². The van der Waals surface area contributed by atoms with Gasteiger partial charge in [-0.25, -0.2) is 4.68 Å². The van der Waals surface area contributed by atoms with E-state index in [9.17, 15) is 4.79 Å². The fourth-order valence-corrected chi connectivity index (χ4v) is 4.59. The third-order valence-electron chi connectivity index (χ3n) is 6.24. The summed E-state index contributed by atoms with van der Waals surface area (Å²) in [7, 11) is 0. The van der Waals surface area contributed by atoms with Gasteiger partial charge in [0.15, 0.2) is 5.69 Å². The Morgan fingerprint density at radius 3 is 2.64 bits per heavy atom. The van der Waals surface area contributed by atoms with Gasteiger partial charge in [0.05, 0.1) is 16.9 Å². The second kappa shape index (κ2) is 6.98. The van der Waals surface area contributed by atoms with Crippen LogP contribution in [0.3, 0.4) is 0 Å². The number of carbonyl (C=O) groups excluding carboxylic acids is 1. The smallest absolute Gasteiger partial charge is 0.276 e. The number of carbonyl (C=O) groups is 1. The largest absolute Gasteiger partial charge is 0.337 e. The number of rotatable bonds is 2. The molecule has 1 amide bonds. The zero-order valence-corrected chi connectivity index (χ0v) is 16.0. The molecule has 0 radical (unpaired) electrons. The standard InChI is InChI=1S/C21H24N6O/c1-14-19(21(28)26-10-7-16-12-22-13-17(16)8-11-26)24-25-27(14)18-6-2-4-15-5-3-9-23-20(15)18/h2-6,9,16-17,22H,7-8,10-13H2,1H3/t16-,17+. The van der Waals surface area contributed by atoms with E-state index in [2.05, 4.69) is 20.6 Å². The van der Waals surface area contributed by atoms with Gasteiger partial charge in [-0.1, -0.05) is 23.4 Å². The third-order valence-corrected chi connectivity index (χ3v) is 6.24. The monoisotopic (exact) mass is 376 g/mol. The van der Waals surface area contributed by atoms with Crippen LogP contribution < -0.4 is 5.32 Å². The van der Waals surface area contributed by atoms with Crippen LogP contribution in [0.2, 0.25) is 0 Å². The Labute approximate surface area is 163 Å². The van der Waals surface area contributed by atoms with E-state index in [1.807, 2.05) is 42.2 Å². The lowest BCUT2D eigenvalue weighted by Gasteiger charge is -2.20. The fourth-order valence-electron chi connectivity index (χ4n) is 4.59. The molecule has 2 aliphatic rings. The van der Waals surface area contributed by atoms with Crippen molar-refractivity contribution in [3.8, 4) is 5.69 Å². The third kappa shape index (κ3) is 2.86. The number of nitrogens with zero attached hydrogens (tertiary/aromatic N) is 5. The number of pyridine rings is 1. The number of para-hydroxylation sites is 1. The van der Waals surface area contributed by atoms with Gasteiger partial charge in [0, 0.05) is 24.7 Å². The molecule has 2 atom stereocenters. The number of aromatic nitrogens is 4. The number of hydrogen-bond acceptors (Lipinski definition) is 5. The molecule has 3 aromatic rings. The first-order chi connectivity index (χ1) is 13.7. The van der Waals surface area contributed by atoms with Gasteiger partial charge in [-0.3, -0.25) is 9.78 Å². The van der Waals surface area contributed by atoms with Crippen LogP contribution >= 0.6 is 0 Å². The number of amides is 1. The SMILES string of the molecule is Cc1c(C(=O)N2CC[C@@H]3CNC[C@@H]3CC2)nnn1-c1cccc2cccnc12. The molecule has 2 aromatic heterocycles. The molecule has 144 valence electrons. The predicted molar refractivity (Wildman–Crippen MR) is 106 cm³/mol. The molecular formula is C21H24N6O. The molecule has 7 nitrogen and oxygen atoms in total. The van der Waals surface area contributed by atoms with Crippen molar-refractivity contribution in [2.24, 2.45) is 11.8 Å². The van der Waals surface area contributed by atoms with E-state index in [1.54, 1.807) is 10.9 Å². The Hall–Kier alpha value is -2.80. The Bertz CT molecular complexity index is 1010. The highest BCUT2D eigenvalue weighted by molar-refractivity contribution is 5.94. The average Bonchev–Trinajstić information content (AvgIpc) is 3.28. The molecule has 0 aliphatic carbocycles. The Kier molecular flexibility index (Phi) is 4.31. The highest BCUT2D eigenvalue weighted by Gasteiger charge is 2.33. The first kappa shape index (κ1) is 17.3. The zero-order chi connectivity index (χ0) is 19.1. The molecular weight excluding hydrogens is 352 g/mol. The average molecular weight is 376 g/mol. The molecule has 4 heterocycles. The predicted octanol–water partition coefficient (Wildman–Crippen LogP) is 2.20. The van der Waals surface area contributed by atoms with Gasteiger partial charge in [-0.15, -0.1) is 5.10 Å². The maximum absolute atomic E-state index is 13.2. The molecule has 0 spiro atoms. The van der Waals surface area contributed by atoms with E-state index < -0.39 is 0 Å². The van der Waals surface area contributed by atoms with Crippen LogP contribution in [-0.4, -0.2) is 57.0 Å². The summed E-state index contributed by atoms with van der Waals surface area (Å²) in [6.45, 7) is 5.66. The van der Waals surface area contributed by atoms with Gasteiger partial charge < -0.3 is 10.2 Å². The Morgan fingerprint density at radius 2 is 1.86 bits per heavy atom. The maximum atomic E-state index is 13.2. The number of benzene rings is 1. The van der Waals surface area contributed by atoms with E-state index >= 15 is 0 Å². The lowest BCUT2D eigenvalue weighted by atomic mass is 9.92. The first-order valence-electron chi connectivity index (χ1n) is 9.99. The number of nitrogens with one attached hydrogen (secondary N) is 1. The van der Waals surface area contributed by atoms with Crippen molar-refractivity contribution in [2.45, 2.75) is 19.8 Å². The van der Waals surface area contributed by atoms with Crippen molar-refractivity contribution in [3.63, 3.8) is 0 Å². The van der Waals surface area contributed by atoms with Gasteiger partial charge in [-0.2, -0.15) is 0 Å². The molecule has 1 aromatic carbocycles. The van der Waals surface area contributed by atoms with Crippen LogP contribution in [0.4, 0.5) is 0 Å². The fraction of sp³-hybridized carbons (Fsp3) is 0.429. The van der Waals surface area contributed by atoms with Crippen molar-refractivity contribution in [3.05, 3.63) is 47.9 Å². The van der Waals surface area contributed by atoms with Crippen LogP contribution in [0.1, 0.15) is 29.0 Å². The summed E-state index contributed by atoms with van der Waals surface area (Å²) < 4.78 is 1.74. The molecule has 7 heteroatoms. The lowest BCUT2D eigenvalue weighted by Crippen LogP contribution is -2.33. The summed E-state index contributed by atoms with van der Waals surface area (Å²) in [6.07, 6.45) is 3.89. The van der Waals surface area contributed by atoms with Crippen LogP contribution in [0, 0.1) is 18.8 Å². The summed E-state index contributed by atoms with van der Waals surface area (Å²) in [6, 6.07) is 9.90. The summed E-state index contributed by atoms with van der Waals surface area (Å²) in [5.41, 5.74) is 2.90. The van der Waals surface area contributed by atoms with Crippen molar-refractivity contribution in [1.82, 2.24) is 30.2 Å². The summed E-state index contributed by atoms with van der Waals surface area (Å²) in [4.78, 5) is 19.6. The van der Waals surface area contributed by atoms with E-state index in [0.717, 1.165) is 61.3 Å². The Morgan fingerprint density at radius 1 is 1.11 bits per heavy atom. The number of likely N-dealkylation sites (tertiary alicyclic amines) is 1. The second-order valence-electron chi connectivity index (χ2n) is 7.84. The molecule has 0 bridgehead atoms. The minimum absolute atomic E-state index is 0.00937. The molecule has 5 rings (SSSR count). The molecule has 0 unspecified atom stereocenters. The van der Waals surface area contributed by atoms with E-state index in [1.165, 1.54) is 0 Å². The van der Waals surface area contributed by atoms with Gasteiger partial charge in [0.25, 0.3) is 5.91 Å². The maximum Gasteiger partial charge on any atom is 0.276 e. The molecule has 2 aliphatic heterocycles. The van der Waals surface area contributed by atoms with Crippen molar-refractivity contribution < 1.29 is 4.79 Å². The summed E-state index contributed by atoms with van der Waals surface area (Å²) >= 11 is 0. The van der Waals surface area contributed by atoms with Crippen molar-refractivity contribution in [2.75, 3.05) is 26.2 Å². The van der Waals surface area contributed by atoms with Crippen molar-refractivity contribution >= 4 is 16.8 Å². The van der Waals surface area contributed by atoms with Crippen LogP contribution in [0.5, 0.6) is 0 Å². The quantitative estimate of drug-likeness (QED) is 0.742. The van der Waals surface area contributed by atoms with Gasteiger partial charge in [0.2, 0.25) is 0 Å². The van der Waals surface area contributed by atoms with Crippen LogP contribution in [0.25, 0.3) is 16.6 Å². The van der Waals surface area contributed by atoms with Gasteiger partial charge in [0.1, 0.15) is 0 Å². The summed E-state index contributed by atoms with van der Waals surface area (Å²) in [5, 5.41) is 13.1. The number of fused-ring (bicyclic) bond motifs is 2. The minimum Gasteiger partial charge on any atom is -0.337 e. The van der Waals surface area contributed by atoms with E-state index in [-0.39, 0.29) is 5.91 Å².